The maximum atomic E-state index is 12.1. The molecule has 1 heterocycles. The molecule has 0 aromatic heterocycles. The zero-order chi connectivity index (χ0) is 15.9. The molecule has 0 bridgehead atoms. The highest BCUT2D eigenvalue weighted by atomic mass is 32.2. The number of carbonyl (C=O) groups excluding carboxylic acids is 1. The molecule has 23 heavy (non-hydrogen) atoms. The van der Waals surface area contributed by atoms with Gasteiger partial charge in [-0.3, -0.25) is 9.69 Å². The van der Waals surface area contributed by atoms with E-state index in [1.807, 2.05) is 42.5 Å². The van der Waals surface area contributed by atoms with Crippen molar-refractivity contribution in [2.24, 2.45) is 0 Å². The lowest BCUT2D eigenvalue weighted by atomic mass is 10.3. The lowest BCUT2D eigenvalue weighted by Crippen LogP contribution is -2.41. The minimum absolute atomic E-state index is 0.0235. The van der Waals surface area contributed by atoms with E-state index in [1.54, 1.807) is 11.8 Å². The number of amides is 1. The molecule has 0 saturated carbocycles. The number of anilines is 1. The summed E-state index contributed by atoms with van der Waals surface area (Å²) < 4.78 is 5.29. The van der Waals surface area contributed by atoms with E-state index in [0.717, 1.165) is 23.7 Å². The molecule has 2 aromatic carbocycles. The number of rotatable bonds is 5. The predicted molar refractivity (Wildman–Crippen MR) is 92.9 cm³/mol. The van der Waals surface area contributed by atoms with E-state index < -0.39 is 0 Å². The summed E-state index contributed by atoms with van der Waals surface area (Å²) in [5, 5.41) is 2.95. The first kappa shape index (κ1) is 16.1. The van der Waals surface area contributed by atoms with Gasteiger partial charge in [0, 0.05) is 28.6 Å². The number of ether oxygens (including phenoxy) is 1. The third-order valence-electron chi connectivity index (χ3n) is 3.59. The predicted octanol–water partition coefficient (Wildman–Crippen LogP) is 3.11. The van der Waals surface area contributed by atoms with E-state index in [1.165, 1.54) is 4.90 Å². The van der Waals surface area contributed by atoms with Crippen molar-refractivity contribution in [3.63, 3.8) is 0 Å². The summed E-state index contributed by atoms with van der Waals surface area (Å²) in [6, 6.07) is 18.2. The summed E-state index contributed by atoms with van der Waals surface area (Å²) in [5.74, 6) is 0.0235. The van der Waals surface area contributed by atoms with Gasteiger partial charge in [-0.05, 0) is 36.4 Å². The molecular weight excluding hydrogens is 308 g/mol. The molecule has 1 aliphatic heterocycles. The third-order valence-corrected chi connectivity index (χ3v) is 4.60. The van der Waals surface area contributed by atoms with Gasteiger partial charge in [0.2, 0.25) is 5.91 Å². The number of hydrogen-bond donors (Lipinski definition) is 1. The van der Waals surface area contributed by atoms with Gasteiger partial charge in [0.1, 0.15) is 0 Å². The maximum Gasteiger partial charge on any atom is 0.238 e. The largest absolute Gasteiger partial charge is 0.379 e. The van der Waals surface area contributed by atoms with Crippen molar-refractivity contribution in [2.75, 3.05) is 38.2 Å². The SMILES string of the molecule is O=C(CN1CCOCC1)Nc1ccc(Sc2ccccc2)cc1. The average Bonchev–Trinajstić information content (AvgIpc) is 2.58. The summed E-state index contributed by atoms with van der Waals surface area (Å²) in [6.07, 6.45) is 0. The molecule has 0 spiro atoms. The van der Waals surface area contributed by atoms with Gasteiger partial charge in [0.05, 0.1) is 19.8 Å². The van der Waals surface area contributed by atoms with Crippen LogP contribution in [0.15, 0.2) is 64.4 Å². The van der Waals surface area contributed by atoms with Gasteiger partial charge in [0.25, 0.3) is 0 Å². The first-order chi connectivity index (χ1) is 11.3. The summed E-state index contributed by atoms with van der Waals surface area (Å²) in [6.45, 7) is 3.47. The fourth-order valence-electron chi connectivity index (χ4n) is 2.39. The molecule has 2 aromatic rings. The number of benzene rings is 2. The fraction of sp³-hybridized carbons (Fsp3) is 0.278. The van der Waals surface area contributed by atoms with Gasteiger partial charge in [-0.15, -0.1) is 0 Å². The topological polar surface area (TPSA) is 41.6 Å². The maximum absolute atomic E-state index is 12.1. The third kappa shape index (κ3) is 5.10. The molecule has 120 valence electrons. The molecule has 4 nitrogen and oxygen atoms in total. The summed E-state index contributed by atoms with van der Waals surface area (Å²) in [4.78, 5) is 16.5. The monoisotopic (exact) mass is 328 g/mol. The van der Waals surface area contributed by atoms with Crippen molar-refractivity contribution in [3.05, 3.63) is 54.6 Å². The summed E-state index contributed by atoms with van der Waals surface area (Å²) in [5.41, 5.74) is 0.834. The van der Waals surface area contributed by atoms with Crippen LogP contribution in [0.3, 0.4) is 0 Å². The van der Waals surface area contributed by atoms with Crippen molar-refractivity contribution in [3.8, 4) is 0 Å². The summed E-state index contributed by atoms with van der Waals surface area (Å²) >= 11 is 1.71. The van der Waals surface area contributed by atoms with Crippen LogP contribution < -0.4 is 5.32 Å². The van der Waals surface area contributed by atoms with Crippen LogP contribution in [0.4, 0.5) is 5.69 Å². The molecule has 5 heteroatoms. The first-order valence-electron chi connectivity index (χ1n) is 7.72. The number of nitrogens with zero attached hydrogens (tertiary/aromatic N) is 1. The van der Waals surface area contributed by atoms with Crippen molar-refractivity contribution < 1.29 is 9.53 Å². The molecule has 1 saturated heterocycles. The van der Waals surface area contributed by atoms with Crippen molar-refractivity contribution >= 4 is 23.4 Å². The van der Waals surface area contributed by atoms with E-state index in [2.05, 4.69) is 22.3 Å². The Morgan fingerprint density at radius 1 is 1.00 bits per heavy atom. The highest BCUT2D eigenvalue weighted by Crippen LogP contribution is 2.28. The fourth-order valence-corrected chi connectivity index (χ4v) is 3.23. The quantitative estimate of drug-likeness (QED) is 0.916. The average molecular weight is 328 g/mol. The van der Waals surface area contributed by atoms with Gasteiger partial charge in [-0.2, -0.15) is 0 Å². The van der Waals surface area contributed by atoms with Gasteiger partial charge in [0.15, 0.2) is 0 Å². The van der Waals surface area contributed by atoms with Crippen molar-refractivity contribution in [2.45, 2.75) is 9.79 Å². The van der Waals surface area contributed by atoms with Gasteiger partial charge >= 0.3 is 0 Å². The van der Waals surface area contributed by atoms with Crippen LogP contribution in [0.25, 0.3) is 0 Å². The zero-order valence-corrected chi connectivity index (χ0v) is 13.7. The Hall–Kier alpha value is -1.82. The van der Waals surface area contributed by atoms with E-state index >= 15 is 0 Å². The molecule has 1 amide bonds. The molecule has 0 unspecified atom stereocenters. The molecule has 1 N–H and O–H groups in total. The van der Waals surface area contributed by atoms with Crippen LogP contribution in [-0.2, 0) is 9.53 Å². The number of carbonyl (C=O) groups is 1. The number of morpholine rings is 1. The first-order valence-corrected chi connectivity index (χ1v) is 8.54. The second-order valence-corrected chi connectivity index (χ2v) is 6.52. The minimum atomic E-state index is 0.0235. The van der Waals surface area contributed by atoms with Gasteiger partial charge < -0.3 is 10.1 Å². The Balaban J connectivity index is 1.51. The molecule has 0 aliphatic carbocycles. The Morgan fingerprint density at radius 3 is 2.35 bits per heavy atom. The number of hydrogen-bond acceptors (Lipinski definition) is 4. The Bertz CT molecular complexity index is 625. The van der Waals surface area contributed by atoms with Gasteiger partial charge in [-0.25, -0.2) is 0 Å². The van der Waals surface area contributed by atoms with Crippen LogP contribution in [0.1, 0.15) is 0 Å². The van der Waals surface area contributed by atoms with E-state index in [9.17, 15) is 4.79 Å². The van der Waals surface area contributed by atoms with Crippen LogP contribution >= 0.6 is 11.8 Å². The van der Waals surface area contributed by atoms with Crippen LogP contribution in [0.5, 0.6) is 0 Å². The zero-order valence-electron chi connectivity index (χ0n) is 12.9. The highest BCUT2D eigenvalue weighted by Gasteiger charge is 2.14. The van der Waals surface area contributed by atoms with Crippen molar-refractivity contribution in [1.29, 1.82) is 0 Å². The second kappa shape index (κ2) is 8.15. The molecule has 1 aliphatic rings. The molecule has 3 rings (SSSR count). The van der Waals surface area contributed by atoms with Crippen LogP contribution in [0, 0.1) is 0 Å². The summed E-state index contributed by atoms with van der Waals surface area (Å²) in [7, 11) is 0. The lowest BCUT2D eigenvalue weighted by Gasteiger charge is -2.25. The highest BCUT2D eigenvalue weighted by molar-refractivity contribution is 7.99. The second-order valence-electron chi connectivity index (χ2n) is 5.38. The van der Waals surface area contributed by atoms with E-state index in [-0.39, 0.29) is 5.91 Å². The molecule has 0 radical (unpaired) electrons. The normalized spacial score (nSPS) is 15.3. The Labute approximate surface area is 140 Å². The molecule has 1 fully saturated rings. The van der Waals surface area contributed by atoms with Crippen LogP contribution in [-0.4, -0.2) is 43.7 Å². The number of nitrogens with one attached hydrogen (secondary N) is 1. The minimum Gasteiger partial charge on any atom is -0.379 e. The molecular formula is C18H20N2O2S. The van der Waals surface area contributed by atoms with Gasteiger partial charge in [-0.1, -0.05) is 30.0 Å². The smallest absolute Gasteiger partial charge is 0.238 e. The van der Waals surface area contributed by atoms with Crippen LogP contribution in [0.2, 0.25) is 0 Å². The van der Waals surface area contributed by atoms with Crippen molar-refractivity contribution in [1.82, 2.24) is 4.90 Å². The van der Waals surface area contributed by atoms with E-state index in [0.29, 0.717) is 19.8 Å². The van der Waals surface area contributed by atoms with E-state index in [4.69, 9.17) is 4.74 Å². The Kier molecular flexibility index (Phi) is 5.69. The lowest BCUT2D eigenvalue weighted by molar-refractivity contribution is -0.118. The standard InChI is InChI=1S/C18H20N2O2S/c21-18(14-20-10-12-22-13-11-20)19-15-6-8-17(9-7-15)23-16-4-2-1-3-5-16/h1-9H,10-14H2,(H,19,21). The Morgan fingerprint density at radius 2 is 1.65 bits per heavy atom. The molecule has 0 atom stereocenters.